The van der Waals surface area contributed by atoms with Gasteiger partial charge in [-0.2, -0.15) is 0 Å². The Bertz CT molecular complexity index is 2930. The Morgan fingerprint density at radius 2 is 1.47 bits per heavy atom. The second kappa shape index (κ2) is 14.3. The van der Waals surface area contributed by atoms with Crippen molar-refractivity contribution in [2.75, 3.05) is 0 Å². The average Bonchev–Trinajstić information content (AvgIpc) is 3.64. The van der Waals surface area contributed by atoms with Crippen LogP contribution in [-0.2, 0) is 6.42 Å². The van der Waals surface area contributed by atoms with Crippen molar-refractivity contribution in [3.05, 3.63) is 216 Å². The molecule has 0 spiro atoms. The van der Waals surface area contributed by atoms with Gasteiger partial charge in [0.25, 0.3) is 0 Å². The minimum Gasteiger partial charge on any atom is -0.455 e. The predicted molar refractivity (Wildman–Crippen MR) is 234 cm³/mol. The lowest BCUT2D eigenvalue weighted by molar-refractivity contribution is 0.511. The van der Waals surface area contributed by atoms with E-state index in [4.69, 9.17) is 9.41 Å². The summed E-state index contributed by atoms with van der Waals surface area (Å²) < 4.78 is 6.79. The molecule has 0 saturated carbocycles. The molecule has 1 unspecified atom stereocenters. The van der Waals surface area contributed by atoms with Crippen LogP contribution in [0.2, 0.25) is 0 Å². The summed E-state index contributed by atoms with van der Waals surface area (Å²) in [5.41, 5.74) is 14.4. The predicted octanol–water partition coefficient (Wildman–Crippen LogP) is 14.3. The number of hydrogen-bond donors (Lipinski definition) is 0. The summed E-state index contributed by atoms with van der Waals surface area (Å²) in [6.07, 6.45) is 10.8. The molecular weight excluding hydrogens is 667 g/mol. The van der Waals surface area contributed by atoms with E-state index >= 15 is 0 Å². The lowest BCUT2D eigenvalue weighted by Gasteiger charge is -2.30. The largest absolute Gasteiger partial charge is 0.455 e. The molecule has 0 bridgehead atoms. The summed E-state index contributed by atoms with van der Waals surface area (Å²) in [6, 6.07) is 53.7. The second-order valence-electron chi connectivity index (χ2n) is 14.7. The van der Waals surface area contributed by atoms with Crippen molar-refractivity contribution < 1.29 is 4.42 Å². The Hall–Kier alpha value is -6.73. The number of benzene rings is 7. The quantitative estimate of drug-likeness (QED) is 0.114. The monoisotopic (exact) mass is 707 g/mol. The van der Waals surface area contributed by atoms with Crippen molar-refractivity contribution in [1.82, 2.24) is 0 Å². The highest BCUT2D eigenvalue weighted by atomic mass is 16.3. The Kier molecular flexibility index (Phi) is 8.83. The highest BCUT2D eigenvalue weighted by Gasteiger charge is 2.29. The van der Waals surface area contributed by atoms with Crippen LogP contribution >= 0.6 is 0 Å². The maximum atomic E-state index is 6.79. The maximum Gasteiger partial charge on any atom is 0.143 e. The van der Waals surface area contributed by atoms with Gasteiger partial charge in [0.05, 0.1) is 5.71 Å². The summed E-state index contributed by atoms with van der Waals surface area (Å²) in [4.78, 5) is 5.58. The van der Waals surface area contributed by atoms with Crippen molar-refractivity contribution in [2.45, 2.75) is 26.7 Å². The van der Waals surface area contributed by atoms with Crippen LogP contribution in [0, 0.1) is 5.41 Å². The number of para-hydroxylation sites is 1. The minimum atomic E-state index is -0.323. The van der Waals surface area contributed by atoms with Gasteiger partial charge < -0.3 is 4.42 Å². The molecule has 1 aliphatic carbocycles. The van der Waals surface area contributed by atoms with E-state index in [0.29, 0.717) is 0 Å². The molecule has 0 saturated heterocycles. The zero-order valence-corrected chi connectivity index (χ0v) is 31.2. The van der Waals surface area contributed by atoms with Crippen molar-refractivity contribution in [3.8, 4) is 11.1 Å². The zero-order valence-electron chi connectivity index (χ0n) is 31.2. The molecule has 0 aliphatic heterocycles. The molecule has 2 heteroatoms. The number of hydrogen-bond acceptors (Lipinski definition) is 2. The first-order valence-corrected chi connectivity index (χ1v) is 19.0. The van der Waals surface area contributed by atoms with E-state index in [1.807, 2.05) is 6.07 Å². The van der Waals surface area contributed by atoms with Crippen molar-refractivity contribution in [3.63, 3.8) is 0 Å². The van der Waals surface area contributed by atoms with Crippen LogP contribution in [0.4, 0.5) is 0 Å². The van der Waals surface area contributed by atoms with Crippen molar-refractivity contribution in [2.24, 2.45) is 10.4 Å². The summed E-state index contributed by atoms with van der Waals surface area (Å²) in [5.74, 6) is 0. The first-order chi connectivity index (χ1) is 27.0. The summed E-state index contributed by atoms with van der Waals surface area (Å²) >= 11 is 0. The van der Waals surface area contributed by atoms with Crippen LogP contribution in [0.5, 0.6) is 0 Å². The van der Waals surface area contributed by atoms with E-state index in [1.54, 1.807) is 0 Å². The normalized spacial score (nSPS) is 16.1. The first-order valence-electron chi connectivity index (χ1n) is 19.0. The lowest BCUT2D eigenvalue weighted by Crippen LogP contribution is -2.19. The molecule has 7 aromatic carbocycles. The molecule has 0 radical (unpaired) electrons. The molecule has 1 aromatic heterocycles. The van der Waals surface area contributed by atoms with E-state index in [2.05, 4.69) is 196 Å². The SMILES string of the molecule is C=C=C(C)C(=N/C(=C\Cc1ccccc1)C1(C)C=CC(c2ccccc2)=CC1)c1ccc2cc(-c3cccc4ccccc34)c3c4ccccc4oc3c2c1. The van der Waals surface area contributed by atoms with Gasteiger partial charge in [0.2, 0.25) is 0 Å². The number of furan rings is 1. The first kappa shape index (κ1) is 34.1. The number of nitrogens with zero attached hydrogens (tertiary/aromatic N) is 1. The van der Waals surface area contributed by atoms with Gasteiger partial charge in [0.15, 0.2) is 0 Å². The third kappa shape index (κ3) is 6.38. The molecule has 1 heterocycles. The highest BCUT2D eigenvalue weighted by molar-refractivity contribution is 6.24. The Labute approximate surface area is 322 Å². The van der Waals surface area contributed by atoms with Gasteiger partial charge in [-0.25, -0.2) is 0 Å². The average molecular weight is 708 g/mol. The maximum absolute atomic E-state index is 6.79. The Morgan fingerprint density at radius 1 is 0.745 bits per heavy atom. The molecule has 0 N–H and O–H groups in total. The summed E-state index contributed by atoms with van der Waals surface area (Å²) in [6.45, 7) is 8.43. The van der Waals surface area contributed by atoms with Crippen molar-refractivity contribution in [1.29, 1.82) is 0 Å². The second-order valence-corrected chi connectivity index (χ2v) is 14.7. The minimum absolute atomic E-state index is 0.323. The molecule has 0 fully saturated rings. The molecule has 55 heavy (non-hydrogen) atoms. The lowest BCUT2D eigenvalue weighted by atomic mass is 9.77. The molecule has 8 aromatic rings. The molecule has 264 valence electrons. The number of fused-ring (bicyclic) bond motifs is 6. The number of rotatable bonds is 8. The molecule has 9 rings (SSSR count). The van der Waals surface area contributed by atoms with Crippen LogP contribution in [0.25, 0.3) is 60.2 Å². The van der Waals surface area contributed by atoms with Crippen LogP contribution in [0.1, 0.15) is 37.0 Å². The van der Waals surface area contributed by atoms with E-state index in [0.717, 1.165) is 68.1 Å². The third-order valence-electron chi connectivity index (χ3n) is 11.1. The summed E-state index contributed by atoms with van der Waals surface area (Å²) in [7, 11) is 0. The van der Waals surface area contributed by atoms with Crippen LogP contribution < -0.4 is 0 Å². The van der Waals surface area contributed by atoms with E-state index in [9.17, 15) is 0 Å². The summed E-state index contributed by atoms with van der Waals surface area (Å²) in [5, 5.41) is 6.82. The van der Waals surface area contributed by atoms with E-state index < -0.39 is 0 Å². The van der Waals surface area contributed by atoms with Crippen LogP contribution in [0.15, 0.2) is 209 Å². The number of aliphatic imine (C=N–C) groups is 1. The highest BCUT2D eigenvalue weighted by Crippen LogP contribution is 2.44. The van der Waals surface area contributed by atoms with Crippen LogP contribution in [-0.4, -0.2) is 5.71 Å². The Morgan fingerprint density at radius 3 is 2.25 bits per heavy atom. The van der Waals surface area contributed by atoms with Gasteiger partial charge in [0, 0.05) is 38.4 Å². The molecular formula is C53H41NO. The topological polar surface area (TPSA) is 25.5 Å². The smallest absolute Gasteiger partial charge is 0.143 e. The molecule has 1 atom stereocenters. The van der Waals surface area contributed by atoms with Gasteiger partial charge in [-0.1, -0.05) is 171 Å². The number of allylic oxidation sites excluding steroid dienone is 6. The van der Waals surface area contributed by atoms with Gasteiger partial charge in [-0.15, -0.1) is 5.73 Å². The van der Waals surface area contributed by atoms with E-state index in [1.165, 1.54) is 38.6 Å². The fourth-order valence-corrected chi connectivity index (χ4v) is 8.00. The molecule has 0 amide bonds. The fourth-order valence-electron chi connectivity index (χ4n) is 8.00. The molecule has 1 aliphatic rings. The third-order valence-corrected chi connectivity index (χ3v) is 11.1. The van der Waals surface area contributed by atoms with Gasteiger partial charge in [0.1, 0.15) is 11.2 Å². The standard InChI is InChI=1S/C53H41NO/c1-4-36(2)51(54-49(29-26-37-16-7-5-8-17-37)53(3)32-30-39(31-33-53)38-18-9-6-10-19-38)42-28-27-41-34-47(44-24-15-21-40-20-11-12-22-43(40)44)50-45-23-13-14-25-48(45)55-52(50)46(41)35-42/h5-25,27-32,34-35H,1,26,33H2,2-3H3/b49-29-,54-51?. The zero-order chi connectivity index (χ0) is 37.4. The fraction of sp³-hybridized carbons (Fsp3) is 0.0943. The molecule has 2 nitrogen and oxygen atoms in total. The van der Waals surface area contributed by atoms with Gasteiger partial charge in [-0.05, 0) is 82.0 Å². The van der Waals surface area contributed by atoms with Gasteiger partial charge >= 0.3 is 0 Å². The Balaban J connectivity index is 1.22. The van der Waals surface area contributed by atoms with Crippen LogP contribution in [0.3, 0.4) is 0 Å². The van der Waals surface area contributed by atoms with Crippen molar-refractivity contribution >= 4 is 54.8 Å². The van der Waals surface area contributed by atoms with Gasteiger partial charge in [-0.3, -0.25) is 4.99 Å². The van der Waals surface area contributed by atoms with E-state index in [-0.39, 0.29) is 5.41 Å².